The van der Waals surface area contributed by atoms with Crippen LogP contribution in [0.25, 0.3) is 6.08 Å². The third-order valence-corrected chi connectivity index (χ3v) is 4.40. The first-order valence-corrected chi connectivity index (χ1v) is 7.77. The third-order valence-electron chi connectivity index (χ3n) is 2.84. The fourth-order valence-corrected chi connectivity index (χ4v) is 3.09. The maximum absolute atomic E-state index is 14.1. The molecule has 21 heavy (non-hydrogen) atoms. The summed E-state index contributed by atoms with van der Waals surface area (Å²) in [6, 6.07) is 6.67. The molecule has 0 amide bonds. The summed E-state index contributed by atoms with van der Waals surface area (Å²) in [5.74, 6) is -1.43. The van der Waals surface area contributed by atoms with Gasteiger partial charge in [0.1, 0.15) is 5.82 Å². The van der Waals surface area contributed by atoms with Gasteiger partial charge in [0.15, 0.2) is 0 Å². The largest absolute Gasteiger partial charge is 0.478 e. The summed E-state index contributed by atoms with van der Waals surface area (Å²) >= 11 is 4.99. The smallest absolute Gasteiger partial charge is 0.328 e. The van der Waals surface area contributed by atoms with Crippen LogP contribution in [-0.2, 0) is 11.3 Å². The summed E-state index contributed by atoms with van der Waals surface area (Å²) in [6.45, 7) is 0.601. The second kappa shape index (κ2) is 6.87. The first kappa shape index (κ1) is 15.7. The Morgan fingerprint density at radius 3 is 2.81 bits per heavy atom. The number of thiophene rings is 1. The van der Waals surface area contributed by atoms with Gasteiger partial charge in [0.2, 0.25) is 0 Å². The fraction of sp³-hybridized carbons (Fsp3) is 0.133. The molecular formula is C15H13BrFNO2S. The van der Waals surface area contributed by atoms with Crippen LogP contribution >= 0.6 is 27.3 Å². The lowest BCUT2D eigenvalue weighted by molar-refractivity contribution is -0.131. The Hall–Kier alpha value is -1.66. The molecule has 0 unspecified atom stereocenters. The second-order valence-corrected chi connectivity index (χ2v) is 6.79. The molecule has 0 fully saturated rings. The highest BCUT2D eigenvalue weighted by Crippen LogP contribution is 2.25. The summed E-state index contributed by atoms with van der Waals surface area (Å²) < 4.78 is 15.1. The number of carboxylic acids is 1. The predicted molar refractivity (Wildman–Crippen MR) is 87.2 cm³/mol. The minimum atomic E-state index is -1.06. The maximum atomic E-state index is 14.1. The van der Waals surface area contributed by atoms with Crippen molar-refractivity contribution in [3.05, 3.63) is 56.5 Å². The van der Waals surface area contributed by atoms with Gasteiger partial charge in [-0.25, -0.2) is 9.18 Å². The fourth-order valence-electron chi connectivity index (χ4n) is 1.89. The molecule has 1 aromatic carbocycles. The molecule has 110 valence electrons. The van der Waals surface area contributed by atoms with Crippen molar-refractivity contribution in [2.45, 2.75) is 6.54 Å². The van der Waals surface area contributed by atoms with Crippen molar-refractivity contribution in [3.63, 3.8) is 0 Å². The van der Waals surface area contributed by atoms with Gasteiger partial charge < -0.3 is 10.0 Å². The average Bonchev–Trinajstić information content (AvgIpc) is 2.81. The van der Waals surface area contributed by atoms with Crippen LogP contribution in [0, 0.1) is 5.82 Å². The van der Waals surface area contributed by atoms with Crippen LogP contribution in [0.2, 0.25) is 0 Å². The van der Waals surface area contributed by atoms with Crippen LogP contribution in [-0.4, -0.2) is 18.1 Å². The maximum Gasteiger partial charge on any atom is 0.328 e. The molecule has 3 nitrogen and oxygen atoms in total. The number of nitrogens with zero attached hydrogens (tertiary/aromatic N) is 1. The Morgan fingerprint density at radius 1 is 1.48 bits per heavy atom. The van der Waals surface area contributed by atoms with E-state index in [1.54, 1.807) is 23.5 Å². The standard InChI is InChI=1S/C15H13BrFNO2S/c1-18(8-11-7-14(16)21-9-11)13-4-2-10(6-12(13)17)3-5-15(19)20/h2-7,9H,8H2,1H3,(H,19,20). The first-order valence-electron chi connectivity index (χ1n) is 6.10. The molecule has 0 aliphatic carbocycles. The Kier molecular flexibility index (Phi) is 5.14. The van der Waals surface area contributed by atoms with Crippen LogP contribution in [0.3, 0.4) is 0 Å². The predicted octanol–water partition coefficient (Wildman–Crippen LogP) is 4.38. The third kappa shape index (κ3) is 4.41. The minimum absolute atomic E-state index is 0.376. The zero-order chi connectivity index (χ0) is 15.4. The van der Waals surface area contributed by atoms with Crippen molar-refractivity contribution in [2.24, 2.45) is 0 Å². The Labute approximate surface area is 134 Å². The van der Waals surface area contributed by atoms with Crippen molar-refractivity contribution in [3.8, 4) is 0 Å². The van der Waals surface area contributed by atoms with Crippen molar-refractivity contribution in [1.29, 1.82) is 0 Å². The van der Waals surface area contributed by atoms with Crippen LogP contribution in [0.4, 0.5) is 10.1 Å². The minimum Gasteiger partial charge on any atom is -0.478 e. The molecule has 6 heteroatoms. The lowest BCUT2D eigenvalue weighted by Gasteiger charge is -2.19. The summed E-state index contributed by atoms with van der Waals surface area (Å²) in [5, 5.41) is 10.6. The number of benzene rings is 1. The van der Waals surface area contributed by atoms with Gasteiger partial charge in [-0.1, -0.05) is 6.07 Å². The number of halogens is 2. The van der Waals surface area contributed by atoms with E-state index in [1.165, 1.54) is 12.1 Å². The van der Waals surface area contributed by atoms with E-state index in [0.717, 1.165) is 15.4 Å². The number of carbonyl (C=O) groups is 1. The molecule has 2 rings (SSSR count). The Bertz CT molecular complexity index is 684. The van der Waals surface area contributed by atoms with E-state index >= 15 is 0 Å². The Morgan fingerprint density at radius 2 is 2.24 bits per heavy atom. The lowest BCUT2D eigenvalue weighted by atomic mass is 10.1. The molecule has 1 heterocycles. The summed E-state index contributed by atoms with van der Waals surface area (Å²) in [5.41, 5.74) is 2.10. The topological polar surface area (TPSA) is 40.5 Å². The van der Waals surface area contributed by atoms with E-state index in [4.69, 9.17) is 5.11 Å². The number of hydrogen-bond donors (Lipinski definition) is 1. The monoisotopic (exact) mass is 369 g/mol. The molecule has 0 saturated carbocycles. The summed E-state index contributed by atoms with van der Waals surface area (Å²) in [6.07, 6.45) is 2.35. The van der Waals surface area contributed by atoms with Gasteiger partial charge in [-0.05, 0) is 56.7 Å². The van der Waals surface area contributed by atoms with E-state index in [9.17, 15) is 9.18 Å². The normalized spacial score (nSPS) is 11.0. The van der Waals surface area contributed by atoms with Gasteiger partial charge in [0.25, 0.3) is 0 Å². The van der Waals surface area contributed by atoms with Gasteiger partial charge in [0.05, 0.1) is 9.47 Å². The molecule has 0 saturated heterocycles. The molecule has 0 spiro atoms. The molecule has 1 aromatic heterocycles. The molecule has 1 N–H and O–H groups in total. The van der Waals surface area contributed by atoms with Crippen LogP contribution in [0.5, 0.6) is 0 Å². The number of carboxylic acid groups (broad SMARTS) is 1. The zero-order valence-electron chi connectivity index (χ0n) is 11.2. The van der Waals surface area contributed by atoms with Crippen molar-refractivity contribution < 1.29 is 14.3 Å². The van der Waals surface area contributed by atoms with E-state index in [1.807, 2.05) is 23.4 Å². The van der Waals surface area contributed by atoms with E-state index < -0.39 is 5.97 Å². The van der Waals surface area contributed by atoms with Crippen LogP contribution < -0.4 is 4.90 Å². The highest BCUT2D eigenvalue weighted by molar-refractivity contribution is 9.11. The van der Waals surface area contributed by atoms with Crippen LogP contribution in [0.15, 0.2) is 39.5 Å². The lowest BCUT2D eigenvalue weighted by Crippen LogP contribution is -2.17. The number of hydrogen-bond acceptors (Lipinski definition) is 3. The van der Waals surface area contributed by atoms with Gasteiger partial charge in [-0.2, -0.15) is 0 Å². The van der Waals surface area contributed by atoms with Gasteiger partial charge in [-0.3, -0.25) is 0 Å². The van der Waals surface area contributed by atoms with E-state index in [0.29, 0.717) is 17.8 Å². The first-order chi connectivity index (χ1) is 9.95. The molecular weight excluding hydrogens is 357 g/mol. The van der Waals surface area contributed by atoms with Gasteiger partial charge >= 0.3 is 5.97 Å². The van der Waals surface area contributed by atoms with Crippen molar-refractivity contribution >= 4 is 45.0 Å². The molecule has 0 bridgehead atoms. The highest BCUT2D eigenvalue weighted by Gasteiger charge is 2.09. The average molecular weight is 370 g/mol. The zero-order valence-corrected chi connectivity index (χ0v) is 13.6. The van der Waals surface area contributed by atoms with E-state index in [-0.39, 0.29) is 5.82 Å². The van der Waals surface area contributed by atoms with E-state index in [2.05, 4.69) is 15.9 Å². The second-order valence-electron chi connectivity index (χ2n) is 4.50. The van der Waals surface area contributed by atoms with Gasteiger partial charge in [-0.15, -0.1) is 11.3 Å². The van der Waals surface area contributed by atoms with Gasteiger partial charge in [0, 0.05) is 19.7 Å². The summed E-state index contributed by atoms with van der Waals surface area (Å²) in [4.78, 5) is 12.3. The molecule has 0 aliphatic rings. The number of aliphatic carboxylic acids is 1. The molecule has 2 aromatic rings. The highest BCUT2D eigenvalue weighted by atomic mass is 79.9. The van der Waals surface area contributed by atoms with Crippen LogP contribution in [0.1, 0.15) is 11.1 Å². The summed E-state index contributed by atoms with van der Waals surface area (Å²) in [7, 11) is 1.82. The Balaban J connectivity index is 2.14. The molecule has 0 atom stereocenters. The van der Waals surface area contributed by atoms with Crippen molar-refractivity contribution in [2.75, 3.05) is 11.9 Å². The molecule has 0 radical (unpaired) electrons. The van der Waals surface area contributed by atoms with Crippen molar-refractivity contribution in [1.82, 2.24) is 0 Å². The SMILES string of the molecule is CN(Cc1csc(Br)c1)c1ccc(C=CC(=O)O)cc1F. The molecule has 0 aliphatic heterocycles. The number of anilines is 1. The number of rotatable bonds is 5. The quantitative estimate of drug-likeness (QED) is 0.794.